The van der Waals surface area contributed by atoms with Gasteiger partial charge < -0.3 is 4.55 Å². The summed E-state index contributed by atoms with van der Waals surface area (Å²) in [6, 6.07) is 0. The lowest BCUT2D eigenvalue weighted by atomic mass is 11.0. The molecule has 3 nitrogen and oxygen atoms in total. The molecule has 0 aliphatic heterocycles. The van der Waals surface area contributed by atoms with Crippen molar-refractivity contribution in [1.29, 1.82) is 0 Å². The Morgan fingerprint density at radius 1 is 1.27 bits per heavy atom. The zero-order valence-electron chi connectivity index (χ0n) is 7.46. The van der Waals surface area contributed by atoms with Crippen molar-refractivity contribution in [3.05, 3.63) is 0 Å². The molecule has 0 aromatic heterocycles. The SMILES string of the molecule is CC[S+](C)CC.CS(=O)(=O)[O-]. The molecule has 0 amide bonds. The van der Waals surface area contributed by atoms with Crippen molar-refractivity contribution in [2.45, 2.75) is 13.8 Å². The Morgan fingerprint density at radius 3 is 1.45 bits per heavy atom. The molecule has 0 aromatic carbocycles. The number of rotatable bonds is 2. The van der Waals surface area contributed by atoms with Gasteiger partial charge in [0.15, 0.2) is 0 Å². The largest absolute Gasteiger partial charge is 0.748 e. The van der Waals surface area contributed by atoms with Crippen molar-refractivity contribution in [3.8, 4) is 0 Å². The van der Waals surface area contributed by atoms with Gasteiger partial charge in [-0.25, -0.2) is 8.42 Å². The number of hydrogen-bond donors (Lipinski definition) is 0. The minimum absolute atomic E-state index is 0.604. The van der Waals surface area contributed by atoms with Crippen LogP contribution in [0, 0.1) is 0 Å². The van der Waals surface area contributed by atoms with Gasteiger partial charge in [0.05, 0.1) is 16.4 Å². The van der Waals surface area contributed by atoms with E-state index in [9.17, 15) is 0 Å². The maximum Gasteiger partial charge on any atom is 0.105 e. The third-order valence-corrected chi connectivity index (χ3v) is 2.96. The van der Waals surface area contributed by atoms with Gasteiger partial charge in [-0.1, -0.05) is 0 Å². The Labute approximate surface area is 72.3 Å². The van der Waals surface area contributed by atoms with Crippen LogP contribution in [0.3, 0.4) is 0 Å². The van der Waals surface area contributed by atoms with E-state index in [1.54, 1.807) is 0 Å². The Bertz CT molecular complexity index is 151. The molecule has 0 aromatic rings. The molecule has 5 heteroatoms. The maximum absolute atomic E-state index is 9.08. The van der Waals surface area contributed by atoms with E-state index in [0.717, 1.165) is 0 Å². The van der Waals surface area contributed by atoms with Crippen LogP contribution in [-0.4, -0.2) is 37.0 Å². The van der Waals surface area contributed by atoms with E-state index in [1.165, 1.54) is 11.5 Å². The molecule has 0 unspecified atom stereocenters. The summed E-state index contributed by atoms with van der Waals surface area (Å²) in [6.07, 6.45) is 2.91. The van der Waals surface area contributed by atoms with Crippen LogP contribution in [-0.2, 0) is 21.0 Å². The van der Waals surface area contributed by atoms with Crippen molar-refractivity contribution in [2.24, 2.45) is 0 Å². The first-order valence-electron chi connectivity index (χ1n) is 3.31. The molecule has 0 atom stereocenters. The van der Waals surface area contributed by atoms with E-state index < -0.39 is 10.1 Å². The van der Waals surface area contributed by atoms with Gasteiger partial charge in [-0.3, -0.25) is 0 Å². The molecule has 0 saturated heterocycles. The van der Waals surface area contributed by atoms with Gasteiger partial charge in [-0.05, 0) is 24.7 Å². The van der Waals surface area contributed by atoms with Gasteiger partial charge in [-0.2, -0.15) is 0 Å². The lowest BCUT2D eigenvalue weighted by molar-refractivity contribution is 0.470. The molecule has 11 heavy (non-hydrogen) atoms. The standard InChI is InChI=1S/C5H13S.CH4O3S/c1-4-6(3)5-2;1-5(2,3)4/h4-5H2,1-3H3;1H3,(H,2,3,4)/q+1;/p-1. The highest BCUT2D eigenvalue weighted by molar-refractivity contribution is 7.96. The minimum Gasteiger partial charge on any atom is -0.748 e. The maximum atomic E-state index is 9.08. The second-order valence-electron chi connectivity index (χ2n) is 2.06. The average molecular weight is 200 g/mol. The molecule has 0 spiro atoms. The molecule has 0 rings (SSSR count). The zero-order chi connectivity index (χ0) is 9.49. The molecule has 0 heterocycles. The fourth-order valence-corrected chi connectivity index (χ4v) is 0.612. The predicted octanol–water partition coefficient (Wildman–Crippen LogP) is 0.436. The summed E-state index contributed by atoms with van der Waals surface area (Å²) in [6.45, 7) is 4.49. The first-order chi connectivity index (χ1) is 4.81. The van der Waals surface area contributed by atoms with Crippen molar-refractivity contribution >= 4 is 21.0 Å². The van der Waals surface area contributed by atoms with E-state index in [0.29, 0.717) is 17.2 Å². The summed E-state index contributed by atoms with van der Waals surface area (Å²) in [4.78, 5) is 0. The second-order valence-corrected chi connectivity index (χ2v) is 6.19. The molecule has 70 valence electrons. The molecule has 0 saturated carbocycles. The molecule has 0 aliphatic rings. The monoisotopic (exact) mass is 200 g/mol. The topological polar surface area (TPSA) is 57.2 Å². The van der Waals surface area contributed by atoms with E-state index >= 15 is 0 Å². The fraction of sp³-hybridized carbons (Fsp3) is 1.00. The Kier molecular flexibility index (Phi) is 8.72. The van der Waals surface area contributed by atoms with Gasteiger partial charge in [0.1, 0.15) is 11.5 Å². The zero-order valence-corrected chi connectivity index (χ0v) is 9.09. The van der Waals surface area contributed by atoms with Crippen LogP contribution >= 0.6 is 0 Å². The lowest BCUT2D eigenvalue weighted by Gasteiger charge is -1.90. The summed E-state index contributed by atoms with van der Waals surface area (Å²) in [5, 5.41) is 0. The van der Waals surface area contributed by atoms with Crippen molar-refractivity contribution < 1.29 is 13.0 Å². The minimum atomic E-state index is -3.92. The van der Waals surface area contributed by atoms with E-state index in [4.69, 9.17) is 13.0 Å². The van der Waals surface area contributed by atoms with Gasteiger partial charge in [-0.15, -0.1) is 0 Å². The van der Waals surface area contributed by atoms with Crippen LogP contribution in [0.25, 0.3) is 0 Å². The van der Waals surface area contributed by atoms with Gasteiger partial charge in [0, 0.05) is 6.26 Å². The predicted molar refractivity (Wildman–Crippen MR) is 50.0 cm³/mol. The third kappa shape index (κ3) is 38.6. The van der Waals surface area contributed by atoms with Crippen molar-refractivity contribution in [2.75, 3.05) is 24.0 Å². The molecule has 0 fully saturated rings. The highest BCUT2D eigenvalue weighted by atomic mass is 32.2. The van der Waals surface area contributed by atoms with Gasteiger partial charge in [0.2, 0.25) is 0 Å². The van der Waals surface area contributed by atoms with Crippen LogP contribution in [0.1, 0.15) is 13.8 Å². The Hall–Kier alpha value is 0.260. The Balaban J connectivity index is 0. The fourth-order valence-electron chi connectivity index (χ4n) is 0.204. The summed E-state index contributed by atoms with van der Waals surface area (Å²) in [5.74, 6) is 2.72. The van der Waals surface area contributed by atoms with Crippen molar-refractivity contribution in [1.82, 2.24) is 0 Å². The quantitative estimate of drug-likeness (QED) is 0.480. The van der Waals surface area contributed by atoms with E-state index in [1.807, 2.05) is 0 Å². The highest BCUT2D eigenvalue weighted by Gasteiger charge is 1.98. The van der Waals surface area contributed by atoms with Crippen molar-refractivity contribution in [3.63, 3.8) is 0 Å². The summed E-state index contributed by atoms with van der Waals surface area (Å²) < 4.78 is 27.2. The highest BCUT2D eigenvalue weighted by Crippen LogP contribution is 1.85. The normalized spacial score (nSPS) is 10.7. The molecule has 0 radical (unpaired) electrons. The first kappa shape index (κ1) is 13.8. The van der Waals surface area contributed by atoms with Gasteiger partial charge >= 0.3 is 0 Å². The molecular formula is C6H16O3S2. The van der Waals surface area contributed by atoms with Crippen LogP contribution < -0.4 is 0 Å². The van der Waals surface area contributed by atoms with Crippen LogP contribution in [0.5, 0.6) is 0 Å². The van der Waals surface area contributed by atoms with Crippen LogP contribution in [0.15, 0.2) is 0 Å². The second kappa shape index (κ2) is 6.94. The van der Waals surface area contributed by atoms with E-state index in [2.05, 4.69) is 20.1 Å². The summed E-state index contributed by atoms with van der Waals surface area (Å²) in [5.41, 5.74) is 0. The summed E-state index contributed by atoms with van der Waals surface area (Å²) in [7, 11) is -3.20. The summed E-state index contributed by atoms with van der Waals surface area (Å²) >= 11 is 0. The smallest absolute Gasteiger partial charge is 0.105 e. The third-order valence-electron chi connectivity index (χ3n) is 0.986. The average Bonchev–Trinajstić information content (AvgIpc) is 1.83. The molecule has 0 N–H and O–H groups in total. The lowest BCUT2D eigenvalue weighted by Crippen LogP contribution is -2.02. The number of hydrogen-bond acceptors (Lipinski definition) is 3. The molecule has 0 bridgehead atoms. The van der Waals surface area contributed by atoms with E-state index in [-0.39, 0.29) is 0 Å². The van der Waals surface area contributed by atoms with Gasteiger partial charge in [0.25, 0.3) is 0 Å². The van der Waals surface area contributed by atoms with Crippen LogP contribution in [0.2, 0.25) is 0 Å². The molecular weight excluding hydrogens is 184 g/mol. The molecule has 0 aliphatic carbocycles. The first-order valence-corrected chi connectivity index (χ1v) is 7.10. The Morgan fingerprint density at radius 2 is 1.45 bits per heavy atom. The van der Waals surface area contributed by atoms with Crippen LogP contribution in [0.4, 0.5) is 0 Å².